The maximum atomic E-state index is 12.5. The van der Waals surface area contributed by atoms with E-state index in [0.29, 0.717) is 11.5 Å². The Morgan fingerprint density at radius 3 is 2.57 bits per heavy atom. The number of amides is 1. The van der Waals surface area contributed by atoms with Crippen LogP contribution in [-0.2, 0) is 4.79 Å². The van der Waals surface area contributed by atoms with Crippen LogP contribution in [0.3, 0.4) is 0 Å². The summed E-state index contributed by atoms with van der Waals surface area (Å²) in [7, 11) is 0. The molecular weight excluding hydrogens is 282 g/mol. The first-order valence-corrected chi connectivity index (χ1v) is 8.55. The average molecular weight is 301 g/mol. The highest BCUT2D eigenvalue weighted by molar-refractivity contribution is 7.99. The zero-order valence-corrected chi connectivity index (χ0v) is 12.8. The summed E-state index contributed by atoms with van der Waals surface area (Å²) >= 11 is 1.93. The van der Waals surface area contributed by atoms with Crippen LogP contribution in [0.2, 0.25) is 0 Å². The standard InChI is InChI=1S/C16H19N3OS/c17-11-13-1-3-15(4-2-13)19-6-5-14(12-19)16(20)18-7-9-21-10-8-18/h1-4,14H,5-10,12H2. The number of anilines is 1. The summed E-state index contributed by atoms with van der Waals surface area (Å²) in [5.41, 5.74) is 1.79. The topological polar surface area (TPSA) is 47.3 Å². The maximum Gasteiger partial charge on any atom is 0.227 e. The molecule has 2 aliphatic heterocycles. The van der Waals surface area contributed by atoms with Crippen molar-refractivity contribution in [1.82, 2.24) is 4.90 Å². The molecule has 0 aliphatic carbocycles. The van der Waals surface area contributed by atoms with Gasteiger partial charge in [0.05, 0.1) is 17.6 Å². The van der Waals surface area contributed by atoms with Gasteiger partial charge in [0, 0.05) is 43.4 Å². The van der Waals surface area contributed by atoms with Gasteiger partial charge >= 0.3 is 0 Å². The van der Waals surface area contributed by atoms with Gasteiger partial charge in [-0.1, -0.05) is 0 Å². The molecule has 1 amide bonds. The maximum absolute atomic E-state index is 12.5. The van der Waals surface area contributed by atoms with Crippen molar-refractivity contribution in [3.63, 3.8) is 0 Å². The zero-order valence-electron chi connectivity index (χ0n) is 12.0. The van der Waals surface area contributed by atoms with E-state index >= 15 is 0 Å². The van der Waals surface area contributed by atoms with Crippen molar-refractivity contribution in [2.75, 3.05) is 42.6 Å². The third-order valence-corrected chi connectivity index (χ3v) is 5.16. The van der Waals surface area contributed by atoms with Crippen molar-refractivity contribution in [2.24, 2.45) is 5.92 Å². The quantitative estimate of drug-likeness (QED) is 0.838. The Balaban J connectivity index is 1.61. The number of nitriles is 1. The third kappa shape index (κ3) is 3.16. The molecule has 110 valence electrons. The molecule has 3 rings (SSSR count). The van der Waals surface area contributed by atoms with Crippen LogP contribution in [0.5, 0.6) is 0 Å². The second kappa shape index (κ2) is 6.40. The van der Waals surface area contributed by atoms with Gasteiger partial charge in [0.2, 0.25) is 5.91 Å². The van der Waals surface area contributed by atoms with Crippen LogP contribution in [-0.4, -0.2) is 48.5 Å². The first kappa shape index (κ1) is 14.3. The molecule has 0 saturated carbocycles. The number of thioether (sulfide) groups is 1. The minimum atomic E-state index is 0.128. The minimum Gasteiger partial charge on any atom is -0.371 e. The van der Waals surface area contributed by atoms with Crippen LogP contribution in [0, 0.1) is 17.2 Å². The molecule has 0 spiro atoms. The largest absolute Gasteiger partial charge is 0.371 e. The Morgan fingerprint density at radius 2 is 1.90 bits per heavy atom. The van der Waals surface area contributed by atoms with Gasteiger partial charge in [0.25, 0.3) is 0 Å². The Labute approximate surface area is 129 Å². The van der Waals surface area contributed by atoms with E-state index in [2.05, 4.69) is 11.0 Å². The molecule has 2 heterocycles. The van der Waals surface area contributed by atoms with Gasteiger partial charge in [0.1, 0.15) is 0 Å². The lowest BCUT2D eigenvalue weighted by Crippen LogP contribution is -2.42. The van der Waals surface area contributed by atoms with E-state index in [0.717, 1.165) is 49.8 Å². The summed E-state index contributed by atoms with van der Waals surface area (Å²) in [6.07, 6.45) is 0.933. The molecule has 0 radical (unpaired) electrons. The number of carbonyl (C=O) groups excluding carboxylic acids is 1. The van der Waals surface area contributed by atoms with Crippen molar-refractivity contribution in [2.45, 2.75) is 6.42 Å². The summed E-state index contributed by atoms with van der Waals surface area (Å²) in [6.45, 7) is 3.52. The normalized spacial score (nSPS) is 22.1. The number of carbonyl (C=O) groups is 1. The van der Waals surface area contributed by atoms with Crippen LogP contribution in [0.25, 0.3) is 0 Å². The molecule has 2 aliphatic rings. The molecular formula is C16H19N3OS. The Morgan fingerprint density at radius 1 is 1.19 bits per heavy atom. The summed E-state index contributed by atoms with van der Waals surface area (Å²) in [5.74, 6) is 2.59. The fourth-order valence-corrected chi connectivity index (χ4v) is 3.89. The van der Waals surface area contributed by atoms with Gasteiger partial charge in [-0.15, -0.1) is 0 Å². The lowest BCUT2D eigenvalue weighted by Gasteiger charge is -2.29. The van der Waals surface area contributed by atoms with E-state index in [1.165, 1.54) is 0 Å². The number of hydrogen-bond donors (Lipinski definition) is 0. The molecule has 5 heteroatoms. The number of rotatable bonds is 2. The van der Waals surface area contributed by atoms with E-state index in [1.807, 2.05) is 40.9 Å². The molecule has 2 saturated heterocycles. The number of benzene rings is 1. The van der Waals surface area contributed by atoms with E-state index < -0.39 is 0 Å². The molecule has 0 N–H and O–H groups in total. The average Bonchev–Trinajstić information content (AvgIpc) is 3.05. The summed E-state index contributed by atoms with van der Waals surface area (Å²) in [6, 6.07) is 9.76. The predicted molar refractivity (Wildman–Crippen MR) is 85.4 cm³/mol. The molecule has 1 unspecified atom stereocenters. The highest BCUT2D eigenvalue weighted by Crippen LogP contribution is 2.26. The third-order valence-electron chi connectivity index (χ3n) is 4.22. The molecule has 1 aromatic rings. The van der Waals surface area contributed by atoms with Crippen LogP contribution < -0.4 is 4.90 Å². The summed E-state index contributed by atoms with van der Waals surface area (Å²) < 4.78 is 0. The predicted octanol–water partition coefficient (Wildman–Crippen LogP) is 1.96. The lowest BCUT2D eigenvalue weighted by molar-refractivity contribution is -0.134. The highest BCUT2D eigenvalue weighted by Gasteiger charge is 2.32. The lowest BCUT2D eigenvalue weighted by atomic mass is 10.1. The Kier molecular flexibility index (Phi) is 4.35. The van der Waals surface area contributed by atoms with Crippen LogP contribution in [0.1, 0.15) is 12.0 Å². The fourth-order valence-electron chi connectivity index (χ4n) is 2.99. The fraction of sp³-hybridized carbons (Fsp3) is 0.500. The van der Waals surface area contributed by atoms with E-state index in [-0.39, 0.29) is 5.92 Å². The smallest absolute Gasteiger partial charge is 0.227 e. The van der Waals surface area contributed by atoms with Crippen molar-refractivity contribution in [3.05, 3.63) is 29.8 Å². The van der Waals surface area contributed by atoms with E-state index in [4.69, 9.17) is 5.26 Å². The van der Waals surface area contributed by atoms with E-state index in [1.54, 1.807) is 0 Å². The molecule has 2 fully saturated rings. The van der Waals surface area contributed by atoms with Gasteiger partial charge in [-0.2, -0.15) is 17.0 Å². The van der Waals surface area contributed by atoms with Gasteiger partial charge < -0.3 is 9.80 Å². The van der Waals surface area contributed by atoms with Crippen molar-refractivity contribution >= 4 is 23.4 Å². The molecule has 21 heavy (non-hydrogen) atoms. The number of nitrogens with zero attached hydrogens (tertiary/aromatic N) is 3. The number of hydrogen-bond acceptors (Lipinski definition) is 4. The molecule has 0 bridgehead atoms. The van der Waals surface area contributed by atoms with Gasteiger partial charge in [-0.3, -0.25) is 4.79 Å². The Hall–Kier alpha value is -1.67. The molecule has 1 aromatic carbocycles. The van der Waals surface area contributed by atoms with Crippen LogP contribution >= 0.6 is 11.8 Å². The summed E-state index contributed by atoms with van der Waals surface area (Å²) in [4.78, 5) is 16.8. The second-order valence-corrected chi connectivity index (χ2v) is 6.75. The van der Waals surface area contributed by atoms with E-state index in [9.17, 15) is 4.79 Å². The first-order valence-electron chi connectivity index (χ1n) is 7.39. The minimum absolute atomic E-state index is 0.128. The van der Waals surface area contributed by atoms with Crippen LogP contribution in [0.4, 0.5) is 5.69 Å². The summed E-state index contributed by atoms with van der Waals surface area (Å²) in [5, 5.41) is 8.84. The highest BCUT2D eigenvalue weighted by atomic mass is 32.2. The van der Waals surface area contributed by atoms with Gasteiger partial charge in [-0.05, 0) is 30.7 Å². The first-order chi connectivity index (χ1) is 10.3. The zero-order chi connectivity index (χ0) is 14.7. The second-order valence-electron chi connectivity index (χ2n) is 5.53. The molecule has 0 aromatic heterocycles. The van der Waals surface area contributed by atoms with Crippen molar-refractivity contribution < 1.29 is 4.79 Å². The van der Waals surface area contributed by atoms with Crippen LogP contribution in [0.15, 0.2) is 24.3 Å². The monoisotopic (exact) mass is 301 g/mol. The van der Waals surface area contributed by atoms with Crippen molar-refractivity contribution in [1.29, 1.82) is 5.26 Å². The molecule has 4 nitrogen and oxygen atoms in total. The Bertz CT molecular complexity index is 546. The van der Waals surface area contributed by atoms with Crippen molar-refractivity contribution in [3.8, 4) is 6.07 Å². The van der Waals surface area contributed by atoms with Gasteiger partial charge in [0.15, 0.2) is 0 Å². The van der Waals surface area contributed by atoms with Gasteiger partial charge in [-0.25, -0.2) is 0 Å². The molecule has 1 atom stereocenters. The SMILES string of the molecule is N#Cc1ccc(N2CCC(C(=O)N3CCSCC3)C2)cc1.